The molecular formula is C16H9ClF3NO2S2. The first-order valence-electron chi connectivity index (χ1n) is 6.90. The first-order valence-corrected chi connectivity index (χ1v) is 9.14. The summed E-state index contributed by atoms with van der Waals surface area (Å²) < 4.78 is 39.3. The molecule has 3 nitrogen and oxygen atoms in total. The second-order valence-corrected chi connectivity index (χ2v) is 7.49. The fraction of sp³-hybridized carbons (Fsp3) is 0.125. The third-order valence-corrected chi connectivity index (χ3v) is 5.84. The quantitative estimate of drug-likeness (QED) is 0.274. The fourth-order valence-electron chi connectivity index (χ4n) is 2.28. The van der Waals surface area contributed by atoms with Gasteiger partial charge in [-0.3, -0.25) is 10.1 Å². The summed E-state index contributed by atoms with van der Waals surface area (Å²) in [6.45, 7) is 0. The number of rotatable bonds is 4. The Morgan fingerprint density at radius 1 is 1.20 bits per heavy atom. The number of benzene rings is 2. The molecule has 0 fully saturated rings. The zero-order valence-electron chi connectivity index (χ0n) is 12.3. The minimum atomic E-state index is -4.62. The Morgan fingerprint density at radius 2 is 1.96 bits per heavy atom. The number of alkyl halides is 3. The number of halogens is 4. The maximum absolute atomic E-state index is 12.7. The normalized spacial score (nSPS) is 11.8. The molecule has 0 aliphatic carbocycles. The van der Waals surface area contributed by atoms with Crippen LogP contribution in [0.1, 0.15) is 11.1 Å². The fourth-order valence-corrected chi connectivity index (χ4v) is 4.50. The highest BCUT2D eigenvalue weighted by atomic mass is 35.5. The topological polar surface area (TPSA) is 43.1 Å². The standard InChI is InChI=1S/C16H9ClF3NO2S2/c17-11-2-4-14-12(6-11)9(7-24-14)8-25-15-3-1-10(16(18,19)20)5-13(15)21(22)23/h1-7H,8H2. The molecule has 0 saturated carbocycles. The molecule has 2 aromatic carbocycles. The second kappa shape index (κ2) is 6.86. The van der Waals surface area contributed by atoms with Crippen molar-refractivity contribution >= 4 is 50.5 Å². The van der Waals surface area contributed by atoms with E-state index in [-0.39, 0.29) is 4.90 Å². The van der Waals surface area contributed by atoms with Gasteiger partial charge in [-0.05, 0) is 46.7 Å². The summed E-state index contributed by atoms with van der Waals surface area (Å²) >= 11 is 8.64. The van der Waals surface area contributed by atoms with Gasteiger partial charge in [-0.25, -0.2) is 0 Å². The summed E-state index contributed by atoms with van der Waals surface area (Å²) in [5, 5.41) is 14.6. The lowest BCUT2D eigenvalue weighted by Crippen LogP contribution is -2.05. The Labute approximate surface area is 153 Å². The van der Waals surface area contributed by atoms with E-state index in [2.05, 4.69) is 0 Å². The molecule has 0 unspecified atom stereocenters. The van der Waals surface area contributed by atoms with Crippen molar-refractivity contribution < 1.29 is 18.1 Å². The highest BCUT2D eigenvalue weighted by molar-refractivity contribution is 7.98. The van der Waals surface area contributed by atoms with Gasteiger partial charge in [-0.2, -0.15) is 13.2 Å². The lowest BCUT2D eigenvalue weighted by atomic mass is 10.2. The Morgan fingerprint density at radius 3 is 2.64 bits per heavy atom. The molecule has 0 aliphatic rings. The third kappa shape index (κ3) is 3.91. The van der Waals surface area contributed by atoms with Crippen LogP contribution < -0.4 is 0 Å². The number of fused-ring (bicyclic) bond motifs is 1. The van der Waals surface area contributed by atoms with Crippen LogP contribution in [0.15, 0.2) is 46.7 Å². The van der Waals surface area contributed by atoms with Gasteiger partial charge in [0.25, 0.3) is 5.69 Å². The molecule has 0 atom stereocenters. The maximum Gasteiger partial charge on any atom is 0.416 e. The lowest BCUT2D eigenvalue weighted by Gasteiger charge is -2.08. The zero-order valence-corrected chi connectivity index (χ0v) is 14.7. The molecule has 0 bridgehead atoms. The van der Waals surface area contributed by atoms with E-state index < -0.39 is 22.4 Å². The molecule has 3 rings (SSSR count). The molecule has 0 radical (unpaired) electrons. The van der Waals surface area contributed by atoms with Gasteiger partial charge in [-0.15, -0.1) is 23.1 Å². The Balaban J connectivity index is 1.89. The average Bonchev–Trinajstić information content (AvgIpc) is 2.94. The Kier molecular flexibility index (Phi) is 4.95. The van der Waals surface area contributed by atoms with Crippen molar-refractivity contribution in [1.29, 1.82) is 0 Å². The van der Waals surface area contributed by atoms with Crippen LogP contribution in [0, 0.1) is 10.1 Å². The molecule has 9 heteroatoms. The number of nitrogens with zero attached hydrogens (tertiary/aromatic N) is 1. The van der Waals surface area contributed by atoms with Gasteiger partial charge in [0.15, 0.2) is 0 Å². The van der Waals surface area contributed by atoms with E-state index >= 15 is 0 Å². The predicted molar refractivity (Wildman–Crippen MR) is 94.5 cm³/mol. The van der Waals surface area contributed by atoms with E-state index in [0.717, 1.165) is 39.5 Å². The highest BCUT2D eigenvalue weighted by Gasteiger charge is 2.33. The van der Waals surface area contributed by atoms with Crippen LogP contribution >= 0.6 is 34.7 Å². The minimum Gasteiger partial charge on any atom is -0.258 e. The molecular weight excluding hydrogens is 395 g/mol. The van der Waals surface area contributed by atoms with Crippen molar-refractivity contribution in [1.82, 2.24) is 0 Å². The number of thioether (sulfide) groups is 1. The number of hydrogen-bond acceptors (Lipinski definition) is 4. The first-order chi connectivity index (χ1) is 11.8. The second-order valence-electron chi connectivity index (χ2n) is 5.13. The molecule has 0 aliphatic heterocycles. The van der Waals surface area contributed by atoms with Crippen molar-refractivity contribution in [2.45, 2.75) is 16.8 Å². The molecule has 3 aromatic rings. The molecule has 0 saturated heterocycles. The number of nitro benzene ring substituents is 1. The monoisotopic (exact) mass is 403 g/mol. The van der Waals surface area contributed by atoms with Gasteiger partial charge in [0.1, 0.15) is 0 Å². The highest BCUT2D eigenvalue weighted by Crippen LogP contribution is 2.39. The van der Waals surface area contributed by atoms with Crippen molar-refractivity contribution in [2.24, 2.45) is 0 Å². The van der Waals surface area contributed by atoms with E-state index in [1.165, 1.54) is 11.3 Å². The largest absolute Gasteiger partial charge is 0.416 e. The van der Waals surface area contributed by atoms with Gasteiger partial charge in [0.05, 0.1) is 15.4 Å². The Hall–Kier alpha value is -1.77. The summed E-state index contributed by atoms with van der Waals surface area (Å²) in [7, 11) is 0. The van der Waals surface area contributed by atoms with Crippen LogP contribution in [0.3, 0.4) is 0 Å². The van der Waals surface area contributed by atoms with Crippen molar-refractivity contribution in [2.75, 3.05) is 0 Å². The van der Waals surface area contributed by atoms with Crippen LogP contribution in [0.5, 0.6) is 0 Å². The van der Waals surface area contributed by atoms with Crippen LogP contribution in [-0.4, -0.2) is 4.92 Å². The summed E-state index contributed by atoms with van der Waals surface area (Å²) in [6.07, 6.45) is -4.62. The van der Waals surface area contributed by atoms with Crippen LogP contribution in [-0.2, 0) is 11.9 Å². The van der Waals surface area contributed by atoms with Crippen LogP contribution in [0.25, 0.3) is 10.1 Å². The summed E-state index contributed by atoms with van der Waals surface area (Å²) in [4.78, 5) is 10.5. The summed E-state index contributed by atoms with van der Waals surface area (Å²) in [5.74, 6) is 0.395. The van der Waals surface area contributed by atoms with E-state index in [4.69, 9.17) is 11.6 Å². The van der Waals surface area contributed by atoms with Crippen LogP contribution in [0.4, 0.5) is 18.9 Å². The van der Waals surface area contributed by atoms with Gasteiger partial charge < -0.3 is 0 Å². The van der Waals surface area contributed by atoms with Gasteiger partial charge in [0, 0.05) is 21.5 Å². The third-order valence-electron chi connectivity index (χ3n) is 3.48. The predicted octanol–water partition coefficient (Wildman–Crippen LogP) is 6.77. The SMILES string of the molecule is O=[N+]([O-])c1cc(C(F)(F)F)ccc1SCc1csc2ccc(Cl)cc12. The lowest BCUT2D eigenvalue weighted by molar-refractivity contribution is -0.388. The van der Waals surface area contributed by atoms with Crippen molar-refractivity contribution in [3.63, 3.8) is 0 Å². The van der Waals surface area contributed by atoms with Gasteiger partial charge in [0.2, 0.25) is 0 Å². The Bertz CT molecular complexity index is 956. The van der Waals surface area contributed by atoms with Gasteiger partial charge >= 0.3 is 6.18 Å². The van der Waals surface area contributed by atoms with E-state index in [9.17, 15) is 23.3 Å². The smallest absolute Gasteiger partial charge is 0.258 e. The summed E-state index contributed by atoms with van der Waals surface area (Å²) in [5.41, 5.74) is -0.643. The molecule has 130 valence electrons. The maximum atomic E-state index is 12.7. The molecule has 25 heavy (non-hydrogen) atoms. The minimum absolute atomic E-state index is 0.194. The average molecular weight is 404 g/mol. The zero-order chi connectivity index (χ0) is 18.2. The molecule has 0 N–H and O–H groups in total. The number of hydrogen-bond donors (Lipinski definition) is 0. The summed E-state index contributed by atoms with van der Waals surface area (Å²) in [6, 6.07) is 8.05. The number of thiophene rings is 1. The van der Waals surface area contributed by atoms with Crippen molar-refractivity contribution in [3.05, 3.63) is 68.0 Å². The van der Waals surface area contributed by atoms with E-state index in [1.54, 1.807) is 6.07 Å². The molecule has 1 heterocycles. The van der Waals surface area contributed by atoms with Crippen LogP contribution in [0.2, 0.25) is 5.02 Å². The molecule has 0 spiro atoms. The molecule has 0 amide bonds. The number of nitro groups is 1. The molecule has 1 aromatic heterocycles. The van der Waals surface area contributed by atoms with E-state index in [0.29, 0.717) is 16.8 Å². The van der Waals surface area contributed by atoms with Crippen molar-refractivity contribution in [3.8, 4) is 0 Å². The van der Waals surface area contributed by atoms with E-state index in [1.807, 2.05) is 17.5 Å². The first kappa shape index (κ1) is 18.0. The van der Waals surface area contributed by atoms with Gasteiger partial charge in [-0.1, -0.05) is 11.6 Å².